The van der Waals surface area contributed by atoms with Crippen molar-refractivity contribution in [1.29, 1.82) is 0 Å². The van der Waals surface area contributed by atoms with E-state index < -0.39 is 12.0 Å². The fourth-order valence-electron chi connectivity index (χ4n) is 2.35. The van der Waals surface area contributed by atoms with Gasteiger partial charge in [0, 0.05) is 20.3 Å². The Kier molecular flexibility index (Phi) is 4.00. The van der Waals surface area contributed by atoms with Crippen molar-refractivity contribution in [3.05, 3.63) is 45.8 Å². The molecule has 1 aliphatic rings. The number of nitrogens with one attached hydrogen (secondary N) is 2. The Morgan fingerprint density at radius 1 is 1.27 bits per heavy atom. The lowest BCUT2D eigenvalue weighted by Gasteiger charge is -2.26. The average molecular weight is 334 g/mol. The van der Waals surface area contributed by atoms with Crippen molar-refractivity contribution in [2.75, 3.05) is 7.11 Å². The molecule has 0 bridgehead atoms. The molecule has 0 saturated heterocycles. The first kappa shape index (κ1) is 14.8. The molecular formula is C15H14N2O3S2. The van der Waals surface area contributed by atoms with Crippen LogP contribution in [-0.2, 0) is 9.53 Å². The van der Waals surface area contributed by atoms with Crippen molar-refractivity contribution in [2.24, 2.45) is 0 Å². The first-order valence-corrected chi connectivity index (χ1v) is 8.30. The Morgan fingerprint density at radius 3 is 2.77 bits per heavy atom. The summed E-state index contributed by atoms with van der Waals surface area (Å²) in [7, 11) is 1.33. The van der Waals surface area contributed by atoms with Crippen molar-refractivity contribution < 1.29 is 14.3 Å². The van der Waals surface area contributed by atoms with E-state index in [0.29, 0.717) is 11.3 Å². The Morgan fingerprint density at radius 2 is 2.09 bits per heavy atom. The van der Waals surface area contributed by atoms with Crippen LogP contribution in [0.1, 0.15) is 17.8 Å². The predicted octanol–water partition coefficient (Wildman–Crippen LogP) is 3.28. The highest BCUT2D eigenvalue weighted by Gasteiger charge is 2.32. The van der Waals surface area contributed by atoms with Crippen LogP contribution in [-0.4, -0.2) is 19.1 Å². The van der Waals surface area contributed by atoms with Crippen molar-refractivity contribution in [2.45, 2.75) is 13.0 Å². The first-order chi connectivity index (χ1) is 10.6. The molecule has 7 heteroatoms. The third-order valence-corrected chi connectivity index (χ3v) is 5.57. The highest BCUT2D eigenvalue weighted by Crippen LogP contribution is 2.37. The minimum absolute atomic E-state index is 0.318. The number of hydrogen-bond donors (Lipinski definition) is 2. The molecule has 2 aromatic heterocycles. The molecule has 5 nitrogen and oxygen atoms in total. The first-order valence-electron chi connectivity index (χ1n) is 6.60. The van der Waals surface area contributed by atoms with Gasteiger partial charge >= 0.3 is 12.0 Å². The molecule has 2 amide bonds. The molecule has 1 unspecified atom stereocenters. The largest absolute Gasteiger partial charge is 0.466 e. The van der Waals surface area contributed by atoms with Gasteiger partial charge in [-0.3, -0.25) is 0 Å². The molecular weight excluding hydrogens is 320 g/mol. The molecule has 0 aromatic carbocycles. The summed E-state index contributed by atoms with van der Waals surface area (Å²) in [5.74, 6) is -0.443. The van der Waals surface area contributed by atoms with Gasteiger partial charge in [-0.1, -0.05) is 6.07 Å². The van der Waals surface area contributed by atoms with Gasteiger partial charge in [0.25, 0.3) is 0 Å². The van der Waals surface area contributed by atoms with E-state index in [0.717, 1.165) is 14.6 Å². The maximum Gasteiger partial charge on any atom is 0.338 e. The number of rotatable bonds is 3. The lowest BCUT2D eigenvalue weighted by atomic mass is 10.0. The van der Waals surface area contributed by atoms with Gasteiger partial charge in [0.05, 0.1) is 18.7 Å². The van der Waals surface area contributed by atoms with Crippen LogP contribution in [0.15, 0.2) is 40.9 Å². The van der Waals surface area contributed by atoms with E-state index in [1.807, 2.05) is 29.6 Å². The third-order valence-electron chi connectivity index (χ3n) is 3.35. The summed E-state index contributed by atoms with van der Waals surface area (Å²) in [6, 6.07) is 7.18. The second-order valence-electron chi connectivity index (χ2n) is 4.74. The second kappa shape index (κ2) is 5.94. The Balaban J connectivity index is 2.00. The molecule has 0 saturated carbocycles. The van der Waals surface area contributed by atoms with Crippen LogP contribution >= 0.6 is 22.7 Å². The average Bonchev–Trinajstić information content (AvgIpc) is 3.16. The Hall–Kier alpha value is -2.12. The molecule has 2 aromatic rings. The minimum Gasteiger partial charge on any atom is -0.466 e. The third kappa shape index (κ3) is 2.65. The normalized spacial score (nSPS) is 17.9. The van der Waals surface area contributed by atoms with Gasteiger partial charge in [-0.2, -0.15) is 0 Å². The molecule has 1 aliphatic heterocycles. The summed E-state index contributed by atoms with van der Waals surface area (Å²) in [5, 5.41) is 7.42. The number of methoxy groups -OCH3 is 1. The van der Waals surface area contributed by atoms with E-state index in [4.69, 9.17) is 4.74 Å². The number of amides is 2. The standard InChI is InChI=1S/C15H14N2O3S2/c1-8-12(14(18)20-2)13(17-15(19)16-8)11-6-5-10(22-11)9-4-3-7-21-9/h3-7,13H,1-2H3,(H2,16,17,19). The van der Waals surface area contributed by atoms with Crippen LogP contribution in [0.25, 0.3) is 9.75 Å². The Bertz CT molecular complexity index is 747. The van der Waals surface area contributed by atoms with Crippen LogP contribution in [0.4, 0.5) is 4.79 Å². The number of carbonyl (C=O) groups is 2. The number of esters is 1. The summed E-state index contributed by atoms with van der Waals surface area (Å²) in [6.45, 7) is 1.70. The summed E-state index contributed by atoms with van der Waals surface area (Å²) in [5.41, 5.74) is 0.952. The van der Waals surface area contributed by atoms with Gasteiger partial charge in [0.2, 0.25) is 0 Å². The van der Waals surface area contributed by atoms with Gasteiger partial charge < -0.3 is 15.4 Å². The molecule has 0 spiro atoms. The number of allylic oxidation sites excluding steroid dienone is 1. The van der Waals surface area contributed by atoms with E-state index in [2.05, 4.69) is 10.6 Å². The number of hydrogen-bond acceptors (Lipinski definition) is 5. The quantitative estimate of drug-likeness (QED) is 0.847. The zero-order valence-corrected chi connectivity index (χ0v) is 13.6. The van der Waals surface area contributed by atoms with Crippen molar-refractivity contribution in [1.82, 2.24) is 10.6 Å². The van der Waals surface area contributed by atoms with Crippen LogP contribution in [0.3, 0.4) is 0 Å². The number of urea groups is 1. The smallest absolute Gasteiger partial charge is 0.338 e. The highest BCUT2D eigenvalue weighted by atomic mass is 32.1. The topological polar surface area (TPSA) is 67.4 Å². The molecule has 1 atom stereocenters. The molecule has 0 aliphatic carbocycles. The van der Waals surface area contributed by atoms with E-state index in [-0.39, 0.29) is 6.03 Å². The van der Waals surface area contributed by atoms with E-state index in [9.17, 15) is 9.59 Å². The summed E-state index contributed by atoms with van der Waals surface area (Å²) >= 11 is 3.21. The summed E-state index contributed by atoms with van der Waals surface area (Å²) < 4.78 is 4.84. The summed E-state index contributed by atoms with van der Waals surface area (Å²) in [4.78, 5) is 27.0. The van der Waals surface area contributed by atoms with Gasteiger partial charge in [0.15, 0.2) is 0 Å². The predicted molar refractivity (Wildman–Crippen MR) is 86.8 cm³/mol. The zero-order chi connectivity index (χ0) is 15.7. The van der Waals surface area contributed by atoms with Crippen molar-refractivity contribution in [3.8, 4) is 9.75 Å². The highest BCUT2D eigenvalue weighted by molar-refractivity contribution is 7.21. The van der Waals surface area contributed by atoms with Gasteiger partial charge in [0.1, 0.15) is 0 Å². The van der Waals surface area contributed by atoms with Crippen LogP contribution < -0.4 is 10.6 Å². The SMILES string of the molecule is COC(=O)C1=C(C)NC(=O)NC1c1ccc(-c2cccs2)s1. The summed E-state index contributed by atoms with van der Waals surface area (Å²) in [6.07, 6.45) is 0. The number of thiophene rings is 2. The maximum absolute atomic E-state index is 12.0. The number of ether oxygens (including phenoxy) is 1. The molecule has 0 radical (unpaired) electrons. The lowest BCUT2D eigenvalue weighted by molar-refractivity contribution is -0.136. The van der Waals surface area contributed by atoms with E-state index >= 15 is 0 Å². The lowest BCUT2D eigenvalue weighted by Crippen LogP contribution is -2.45. The Labute approximate surface area is 135 Å². The zero-order valence-electron chi connectivity index (χ0n) is 12.0. The van der Waals surface area contributed by atoms with Crippen molar-refractivity contribution >= 4 is 34.7 Å². The molecule has 22 heavy (non-hydrogen) atoms. The van der Waals surface area contributed by atoms with E-state index in [1.54, 1.807) is 29.6 Å². The van der Waals surface area contributed by atoms with Crippen LogP contribution in [0.2, 0.25) is 0 Å². The van der Waals surface area contributed by atoms with E-state index in [1.165, 1.54) is 7.11 Å². The fraction of sp³-hybridized carbons (Fsp3) is 0.200. The molecule has 3 heterocycles. The second-order valence-corrected chi connectivity index (χ2v) is 6.80. The minimum atomic E-state index is -0.486. The molecule has 114 valence electrons. The monoisotopic (exact) mass is 334 g/mol. The van der Waals surface area contributed by atoms with Crippen LogP contribution in [0.5, 0.6) is 0 Å². The number of carbonyl (C=O) groups excluding carboxylic acids is 2. The maximum atomic E-state index is 12.0. The van der Waals surface area contributed by atoms with Crippen molar-refractivity contribution in [3.63, 3.8) is 0 Å². The van der Waals surface area contributed by atoms with Crippen LogP contribution in [0, 0.1) is 0 Å². The molecule has 2 N–H and O–H groups in total. The molecule has 0 fully saturated rings. The molecule has 3 rings (SSSR count). The van der Waals surface area contributed by atoms with Gasteiger partial charge in [-0.05, 0) is 30.5 Å². The van der Waals surface area contributed by atoms with Gasteiger partial charge in [-0.15, -0.1) is 22.7 Å². The fourth-order valence-corrected chi connectivity index (χ4v) is 4.25. The van der Waals surface area contributed by atoms with Gasteiger partial charge in [-0.25, -0.2) is 9.59 Å².